The van der Waals surface area contributed by atoms with Gasteiger partial charge in [0.15, 0.2) is 18.1 Å². The lowest BCUT2D eigenvalue weighted by molar-refractivity contribution is -0.118. The first-order chi connectivity index (χ1) is 17.4. The molecule has 0 bridgehead atoms. The molecule has 3 rings (SSSR count). The Kier molecular flexibility index (Phi) is 10.1. The fraction of sp³-hybridized carbons (Fsp3) is 0.115. The van der Waals surface area contributed by atoms with Crippen molar-refractivity contribution in [2.24, 2.45) is 5.10 Å². The van der Waals surface area contributed by atoms with Crippen LogP contribution in [-0.4, -0.2) is 38.4 Å². The van der Waals surface area contributed by atoms with E-state index in [1.165, 1.54) is 13.3 Å². The van der Waals surface area contributed by atoms with E-state index in [1.807, 2.05) is 18.2 Å². The van der Waals surface area contributed by atoms with Crippen molar-refractivity contribution >= 4 is 55.6 Å². The zero-order valence-electron chi connectivity index (χ0n) is 19.3. The van der Waals surface area contributed by atoms with E-state index >= 15 is 0 Å². The lowest BCUT2D eigenvalue weighted by atomic mass is 10.2. The van der Waals surface area contributed by atoms with Crippen LogP contribution in [0.1, 0.15) is 15.9 Å². The van der Waals surface area contributed by atoms with Crippen LogP contribution in [0.25, 0.3) is 0 Å². The van der Waals surface area contributed by atoms with Gasteiger partial charge in [-0.05, 0) is 58.4 Å². The Labute approximate surface area is 225 Å². The number of nitrogens with zero attached hydrogens (tertiary/aromatic N) is 1. The van der Waals surface area contributed by atoms with E-state index in [-0.39, 0.29) is 12.5 Å². The number of carbonyl (C=O) groups is 2. The molecule has 2 amide bonds. The Morgan fingerprint density at radius 2 is 1.81 bits per heavy atom. The number of rotatable bonds is 11. The Hall–Kier alpha value is -3.63. The molecule has 0 spiro atoms. The van der Waals surface area contributed by atoms with Crippen LogP contribution in [0.5, 0.6) is 17.2 Å². The molecule has 0 radical (unpaired) electrons. The molecule has 2 N–H and O–H groups in total. The Morgan fingerprint density at radius 1 is 1.03 bits per heavy atom. The topological polar surface area (TPSA) is 98.3 Å². The summed E-state index contributed by atoms with van der Waals surface area (Å²) < 4.78 is 17.9. The lowest BCUT2D eigenvalue weighted by Gasteiger charge is -2.12. The highest BCUT2D eigenvalue weighted by Crippen LogP contribution is 2.32. The molecule has 0 saturated carbocycles. The number of hydrogen-bond donors (Lipinski definition) is 2. The van der Waals surface area contributed by atoms with E-state index in [9.17, 15) is 9.59 Å². The monoisotopic (exact) mass is 615 g/mol. The third kappa shape index (κ3) is 7.69. The van der Waals surface area contributed by atoms with Crippen LogP contribution in [0.4, 0.5) is 5.69 Å². The zero-order valence-corrected chi connectivity index (χ0v) is 22.5. The molecule has 0 unspecified atom stereocenters. The lowest BCUT2D eigenvalue weighted by Crippen LogP contribution is -2.21. The van der Waals surface area contributed by atoms with Gasteiger partial charge in [0.1, 0.15) is 12.4 Å². The minimum Gasteiger partial charge on any atom is -0.493 e. The summed E-state index contributed by atoms with van der Waals surface area (Å²) in [5, 5.41) is 6.81. The van der Waals surface area contributed by atoms with E-state index in [1.54, 1.807) is 48.5 Å². The van der Waals surface area contributed by atoms with Crippen molar-refractivity contribution in [3.63, 3.8) is 0 Å². The minimum absolute atomic E-state index is 0.220. The van der Waals surface area contributed by atoms with Gasteiger partial charge in [-0.2, -0.15) is 5.10 Å². The fourth-order valence-corrected chi connectivity index (χ4v) is 4.36. The van der Waals surface area contributed by atoms with E-state index in [0.717, 1.165) is 4.47 Å². The third-order valence-corrected chi connectivity index (χ3v) is 5.64. The van der Waals surface area contributed by atoms with Crippen molar-refractivity contribution < 1.29 is 23.8 Å². The molecule has 8 nitrogen and oxygen atoms in total. The van der Waals surface area contributed by atoms with E-state index < -0.39 is 5.91 Å². The standard InChI is InChI=1S/C26H23Br2N3O5/c1-3-11-35-22-10-9-17(13-23(22)34-2)26(33)31-29-15-18-12-19(27)14-21(28)25(18)36-16-24(32)30-20-7-5-4-6-8-20/h3-10,12-15H,1,11,16H2,2H3,(H,30,32)(H,31,33)/b29-15+. The molecular weight excluding hydrogens is 594 g/mol. The average Bonchev–Trinajstić information content (AvgIpc) is 2.87. The third-order valence-electron chi connectivity index (χ3n) is 4.59. The Balaban J connectivity index is 1.68. The summed E-state index contributed by atoms with van der Waals surface area (Å²) in [5.74, 6) is 0.536. The van der Waals surface area contributed by atoms with Crippen LogP contribution in [0.2, 0.25) is 0 Å². The van der Waals surface area contributed by atoms with Gasteiger partial charge in [-0.15, -0.1) is 0 Å². The highest BCUT2D eigenvalue weighted by Gasteiger charge is 2.13. The van der Waals surface area contributed by atoms with Crippen LogP contribution < -0.4 is 25.0 Å². The summed E-state index contributed by atoms with van der Waals surface area (Å²) in [6, 6.07) is 17.4. The number of hydrazone groups is 1. The number of halogens is 2. The molecule has 0 aliphatic rings. The molecule has 0 saturated heterocycles. The van der Waals surface area contributed by atoms with Crippen molar-refractivity contribution in [1.29, 1.82) is 0 Å². The average molecular weight is 617 g/mol. The van der Waals surface area contributed by atoms with Crippen molar-refractivity contribution in [2.75, 3.05) is 25.6 Å². The second kappa shape index (κ2) is 13.5. The highest BCUT2D eigenvalue weighted by molar-refractivity contribution is 9.11. The number of ether oxygens (including phenoxy) is 3. The number of anilines is 1. The number of nitrogens with one attached hydrogen (secondary N) is 2. The maximum Gasteiger partial charge on any atom is 0.271 e. The molecule has 0 fully saturated rings. The van der Waals surface area contributed by atoms with Gasteiger partial charge in [-0.25, -0.2) is 5.43 Å². The largest absolute Gasteiger partial charge is 0.493 e. The van der Waals surface area contributed by atoms with Crippen molar-refractivity contribution in [3.05, 3.63) is 93.4 Å². The fourth-order valence-electron chi connectivity index (χ4n) is 2.99. The number of para-hydroxylation sites is 1. The van der Waals surface area contributed by atoms with Gasteiger partial charge < -0.3 is 19.5 Å². The van der Waals surface area contributed by atoms with Gasteiger partial charge in [0.25, 0.3) is 11.8 Å². The van der Waals surface area contributed by atoms with Gasteiger partial charge in [0.05, 0.1) is 17.8 Å². The smallest absolute Gasteiger partial charge is 0.271 e. The molecule has 36 heavy (non-hydrogen) atoms. The minimum atomic E-state index is -0.446. The number of carbonyl (C=O) groups excluding carboxylic acids is 2. The second-order valence-corrected chi connectivity index (χ2v) is 8.94. The first-order valence-electron chi connectivity index (χ1n) is 10.6. The molecule has 3 aromatic rings. The molecule has 0 aliphatic heterocycles. The summed E-state index contributed by atoms with van der Waals surface area (Å²) in [4.78, 5) is 24.9. The van der Waals surface area contributed by atoms with Crippen LogP contribution in [0.15, 0.2) is 87.4 Å². The molecule has 3 aromatic carbocycles. The summed E-state index contributed by atoms with van der Waals surface area (Å²) >= 11 is 6.87. The predicted molar refractivity (Wildman–Crippen MR) is 146 cm³/mol. The number of amides is 2. The number of hydrogen-bond acceptors (Lipinski definition) is 6. The van der Waals surface area contributed by atoms with Crippen molar-refractivity contribution in [3.8, 4) is 17.2 Å². The van der Waals surface area contributed by atoms with E-state index in [2.05, 4.69) is 54.3 Å². The maximum atomic E-state index is 12.6. The first kappa shape index (κ1) is 27.0. The molecule has 0 aromatic heterocycles. The first-order valence-corrected chi connectivity index (χ1v) is 12.2. The quantitative estimate of drug-likeness (QED) is 0.167. The maximum absolute atomic E-state index is 12.6. The zero-order chi connectivity index (χ0) is 25.9. The molecule has 0 aliphatic carbocycles. The Morgan fingerprint density at radius 3 is 2.53 bits per heavy atom. The van der Waals surface area contributed by atoms with Crippen molar-refractivity contribution in [2.45, 2.75) is 0 Å². The number of methoxy groups -OCH3 is 1. The van der Waals surface area contributed by atoms with Gasteiger partial charge in [-0.3, -0.25) is 9.59 Å². The van der Waals surface area contributed by atoms with Crippen LogP contribution in [0.3, 0.4) is 0 Å². The van der Waals surface area contributed by atoms with Crippen LogP contribution >= 0.6 is 31.9 Å². The predicted octanol–water partition coefficient (Wildman–Crippen LogP) is 5.57. The van der Waals surface area contributed by atoms with Gasteiger partial charge in [0, 0.05) is 21.3 Å². The molecule has 186 valence electrons. The van der Waals surface area contributed by atoms with Gasteiger partial charge in [0.2, 0.25) is 0 Å². The number of benzene rings is 3. The molecule has 0 atom stereocenters. The highest BCUT2D eigenvalue weighted by atomic mass is 79.9. The molecule has 0 heterocycles. The summed E-state index contributed by atoms with van der Waals surface area (Å²) in [7, 11) is 1.49. The van der Waals surface area contributed by atoms with Crippen LogP contribution in [0, 0.1) is 0 Å². The molecule has 10 heteroatoms. The molecular formula is C26H23Br2N3O5. The second-order valence-electron chi connectivity index (χ2n) is 7.17. The van der Waals surface area contributed by atoms with Gasteiger partial charge >= 0.3 is 0 Å². The van der Waals surface area contributed by atoms with E-state index in [0.29, 0.717) is 45.1 Å². The van der Waals surface area contributed by atoms with Crippen LogP contribution in [-0.2, 0) is 4.79 Å². The normalized spacial score (nSPS) is 10.5. The Bertz CT molecular complexity index is 1270. The summed E-state index contributed by atoms with van der Waals surface area (Å²) in [6.45, 7) is 3.70. The summed E-state index contributed by atoms with van der Waals surface area (Å²) in [5.41, 5.74) is 4.02. The van der Waals surface area contributed by atoms with E-state index in [4.69, 9.17) is 14.2 Å². The van der Waals surface area contributed by atoms with Crippen molar-refractivity contribution in [1.82, 2.24) is 5.43 Å². The SMILES string of the molecule is C=CCOc1ccc(C(=O)N/N=C/c2cc(Br)cc(Br)c2OCC(=O)Nc2ccccc2)cc1OC. The summed E-state index contributed by atoms with van der Waals surface area (Å²) in [6.07, 6.45) is 3.04. The van der Waals surface area contributed by atoms with Gasteiger partial charge in [-0.1, -0.05) is 46.8 Å².